The van der Waals surface area contributed by atoms with Crippen molar-refractivity contribution >= 4 is 11.7 Å². The lowest BCUT2D eigenvalue weighted by Gasteiger charge is -2.13. The first-order chi connectivity index (χ1) is 8.61. The van der Waals surface area contributed by atoms with Crippen molar-refractivity contribution in [1.82, 2.24) is 4.98 Å². The Morgan fingerprint density at radius 1 is 1.58 bits per heavy atom. The summed E-state index contributed by atoms with van der Waals surface area (Å²) in [4.78, 5) is 23.6. The van der Waals surface area contributed by atoms with Crippen molar-refractivity contribution < 1.29 is 32.7 Å². The molecule has 7 nitrogen and oxygen atoms in total. The Bertz CT molecular complexity index is 529. The number of hydrogen-bond acceptors (Lipinski definition) is 5. The van der Waals surface area contributed by atoms with Crippen LogP contribution in [0.5, 0.6) is 5.75 Å². The van der Waals surface area contributed by atoms with Crippen LogP contribution in [0.2, 0.25) is 0 Å². The van der Waals surface area contributed by atoms with Crippen LogP contribution in [0.1, 0.15) is 11.3 Å². The molecule has 0 saturated carbocycles. The average Bonchev–Trinajstić information content (AvgIpc) is 2.20. The van der Waals surface area contributed by atoms with Gasteiger partial charge < -0.3 is 9.84 Å². The number of nitro groups is 1. The summed E-state index contributed by atoms with van der Waals surface area (Å²) in [6.07, 6.45) is -5.46. The standard InChI is InChI=1S/C9H7F3N2O5/c1-4-5(2-7(15)16)8(19-9(10,11)12)6(3-13-4)14(17)18/h3H,2H2,1H3,(H,15,16). The largest absolute Gasteiger partial charge is 0.573 e. The van der Waals surface area contributed by atoms with Gasteiger partial charge in [-0.2, -0.15) is 0 Å². The zero-order valence-electron chi connectivity index (χ0n) is 9.39. The Hall–Kier alpha value is -2.39. The van der Waals surface area contributed by atoms with Crippen LogP contribution in [-0.4, -0.2) is 27.3 Å². The Morgan fingerprint density at radius 3 is 2.58 bits per heavy atom. The lowest BCUT2D eigenvalue weighted by molar-refractivity contribution is -0.389. The number of carbonyl (C=O) groups is 1. The van der Waals surface area contributed by atoms with Crippen LogP contribution in [0.4, 0.5) is 18.9 Å². The molecule has 1 aromatic heterocycles. The highest BCUT2D eigenvalue weighted by atomic mass is 19.4. The number of carboxylic acids is 1. The molecule has 0 aliphatic rings. The Morgan fingerprint density at radius 2 is 2.16 bits per heavy atom. The Balaban J connectivity index is 3.44. The van der Waals surface area contributed by atoms with Crippen molar-refractivity contribution in [1.29, 1.82) is 0 Å². The van der Waals surface area contributed by atoms with Gasteiger partial charge in [0.25, 0.3) is 0 Å². The average molecular weight is 280 g/mol. The molecule has 0 bridgehead atoms. The van der Waals surface area contributed by atoms with Gasteiger partial charge in [0, 0.05) is 11.3 Å². The van der Waals surface area contributed by atoms with Gasteiger partial charge in [-0.25, -0.2) is 0 Å². The molecule has 0 spiro atoms. The second kappa shape index (κ2) is 5.08. The Kier molecular flexibility index (Phi) is 3.92. The van der Waals surface area contributed by atoms with Crippen molar-refractivity contribution in [3.05, 3.63) is 27.6 Å². The van der Waals surface area contributed by atoms with Gasteiger partial charge in [0.05, 0.1) is 11.3 Å². The summed E-state index contributed by atoms with van der Waals surface area (Å²) in [7, 11) is 0. The molecular weight excluding hydrogens is 273 g/mol. The summed E-state index contributed by atoms with van der Waals surface area (Å²) in [6.45, 7) is 1.23. The van der Waals surface area contributed by atoms with E-state index in [-0.39, 0.29) is 5.69 Å². The minimum atomic E-state index is -5.17. The number of carboxylic acid groups (broad SMARTS) is 1. The van der Waals surface area contributed by atoms with Gasteiger partial charge in [0.15, 0.2) is 0 Å². The minimum absolute atomic E-state index is 0.0905. The van der Waals surface area contributed by atoms with Crippen LogP contribution in [0, 0.1) is 17.0 Å². The molecule has 19 heavy (non-hydrogen) atoms. The summed E-state index contributed by atoms with van der Waals surface area (Å²) >= 11 is 0. The first-order valence-electron chi connectivity index (χ1n) is 4.72. The van der Waals surface area contributed by atoms with Gasteiger partial charge >= 0.3 is 18.0 Å². The molecule has 0 atom stereocenters. The molecule has 0 unspecified atom stereocenters. The molecule has 0 fully saturated rings. The third-order valence-corrected chi connectivity index (χ3v) is 2.07. The van der Waals surface area contributed by atoms with Crippen molar-refractivity contribution in [3.8, 4) is 5.75 Å². The van der Waals surface area contributed by atoms with E-state index < -0.39 is 40.7 Å². The number of halogens is 3. The highest BCUT2D eigenvalue weighted by Gasteiger charge is 2.37. The lowest BCUT2D eigenvalue weighted by Crippen LogP contribution is -2.20. The van der Waals surface area contributed by atoms with Gasteiger partial charge in [-0.1, -0.05) is 0 Å². The predicted octanol–water partition coefficient (Wildman–Crippen LogP) is 1.82. The van der Waals surface area contributed by atoms with Crippen LogP contribution in [0.15, 0.2) is 6.20 Å². The van der Waals surface area contributed by atoms with E-state index in [9.17, 15) is 28.1 Å². The van der Waals surface area contributed by atoms with E-state index in [0.717, 1.165) is 0 Å². The number of aliphatic carboxylic acids is 1. The molecule has 104 valence electrons. The van der Waals surface area contributed by atoms with Crippen LogP contribution >= 0.6 is 0 Å². The molecule has 1 rings (SSSR count). The van der Waals surface area contributed by atoms with E-state index in [1.165, 1.54) is 6.92 Å². The number of pyridine rings is 1. The van der Waals surface area contributed by atoms with Crippen LogP contribution < -0.4 is 4.74 Å². The van der Waals surface area contributed by atoms with E-state index in [0.29, 0.717) is 6.20 Å². The summed E-state index contributed by atoms with van der Waals surface area (Å²) < 4.78 is 40.2. The number of alkyl halides is 3. The fourth-order valence-electron chi connectivity index (χ4n) is 1.33. The van der Waals surface area contributed by atoms with Crippen LogP contribution in [-0.2, 0) is 11.2 Å². The number of rotatable bonds is 4. The summed E-state index contributed by atoms with van der Waals surface area (Å²) in [5.74, 6) is -2.61. The van der Waals surface area contributed by atoms with E-state index in [2.05, 4.69) is 9.72 Å². The molecule has 1 heterocycles. The SMILES string of the molecule is Cc1ncc([N+](=O)[O-])c(OC(F)(F)F)c1CC(=O)O. The normalized spacial score (nSPS) is 11.2. The van der Waals surface area contributed by atoms with Gasteiger partial charge in [-0.15, -0.1) is 13.2 Å². The van der Waals surface area contributed by atoms with Crippen LogP contribution in [0.3, 0.4) is 0 Å². The third-order valence-electron chi connectivity index (χ3n) is 2.07. The van der Waals surface area contributed by atoms with Crippen molar-refractivity contribution in [3.63, 3.8) is 0 Å². The molecule has 0 saturated heterocycles. The lowest BCUT2D eigenvalue weighted by atomic mass is 10.1. The number of hydrogen-bond donors (Lipinski definition) is 1. The maximum atomic E-state index is 12.2. The number of aromatic nitrogens is 1. The molecule has 0 aliphatic heterocycles. The van der Waals surface area contributed by atoms with Gasteiger partial charge in [0.1, 0.15) is 6.20 Å². The fourth-order valence-corrected chi connectivity index (χ4v) is 1.33. The summed E-state index contributed by atoms with van der Waals surface area (Å²) in [6, 6.07) is 0. The van der Waals surface area contributed by atoms with Gasteiger partial charge in [-0.05, 0) is 6.92 Å². The number of aryl methyl sites for hydroxylation is 1. The maximum absolute atomic E-state index is 12.2. The van der Waals surface area contributed by atoms with Crippen molar-refractivity contribution in [2.24, 2.45) is 0 Å². The highest BCUT2D eigenvalue weighted by Crippen LogP contribution is 2.36. The number of nitrogens with zero attached hydrogens (tertiary/aromatic N) is 2. The Labute approximate surface area is 103 Å². The van der Waals surface area contributed by atoms with E-state index in [1.54, 1.807) is 0 Å². The molecule has 0 radical (unpaired) electrons. The quantitative estimate of drug-likeness (QED) is 0.666. The second-order valence-corrected chi connectivity index (χ2v) is 3.41. The topological polar surface area (TPSA) is 103 Å². The van der Waals surface area contributed by atoms with E-state index >= 15 is 0 Å². The monoisotopic (exact) mass is 280 g/mol. The van der Waals surface area contributed by atoms with Crippen molar-refractivity contribution in [2.45, 2.75) is 19.7 Å². The summed E-state index contributed by atoms with van der Waals surface area (Å²) in [5, 5.41) is 19.2. The van der Waals surface area contributed by atoms with Gasteiger partial charge in [0.2, 0.25) is 5.75 Å². The predicted molar refractivity (Wildman–Crippen MR) is 53.7 cm³/mol. The molecule has 0 aromatic carbocycles. The molecular formula is C9H7F3N2O5. The second-order valence-electron chi connectivity index (χ2n) is 3.41. The molecule has 1 N–H and O–H groups in total. The number of ether oxygens (including phenoxy) is 1. The summed E-state index contributed by atoms with van der Waals surface area (Å²) in [5.41, 5.74) is -1.62. The molecule has 0 amide bonds. The van der Waals surface area contributed by atoms with Gasteiger partial charge in [-0.3, -0.25) is 19.9 Å². The third kappa shape index (κ3) is 3.79. The van der Waals surface area contributed by atoms with E-state index in [1.807, 2.05) is 0 Å². The zero-order valence-corrected chi connectivity index (χ0v) is 9.39. The van der Waals surface area contributed by atoms with E-state index in [4.69, 9.17) is 5.11 Å². The minimum Gasteiger partial charge on any atom is -0.481 e. The molecule has 10 heteroatoms. The zero-order chi connectivity index (χ0) is 14.8. The van der Waals surface area contributed by atoms with Crippen molar-refractivity contribution in [2.75, 3.05) is 0 Å². The highest BCUT2D eigenvalue weighted by molar-refractivity contribution is 5.73. The molecule has 1 aromatic rings. The fraction of sp³-hybridized carbons (Fsp3) is 0.333. The maximum Gasteiger partial charge on any atom is 0.573 e. The first-order valence-corrected chi connectivity index (χ1v) is 4.72. The van der Waals surface area contributed by atoms with Crippen LogP contribution in [0.25, 0.3) is 0 Å². The first kappa shape index (κ1) is 14.7. The smallest absolute Gasteiger partial charge is 0.481 e. The molecule has 0 aliphatic carbocycles.